The molecule has 0 fully saturated rings. The van der Waals surface area contributed by atoms with Crippen molar-refractivity contribution < 1.29 is 4.92 Å². The fourth-order valence-electron chi connectivity index (χ4n) is 2.18. The molecule has 0 bridgehead atoms. The van der Waals surface area contributed by atoms with Crippen LogP contribution in [0, 0.1) is 10.1 Å². The number of hydrogen-bond acceptors (Lipinski definition) is 3. The molecule has 2 rings (SSSR count). The van der Waals surface area contributed by atoms with Crippen LogP contribution in [0.5, 0.6) is 0 Å². The van der Waals surface area contributed by atoms with Gasteiger partial charge in [0, 0.05) is 17.6 Å². The van der Waals surface area contributed by atoms with E-state index in [2.05, 4.69) is 24.4 Å². The zero-order valence-electron chi connectivity index (χ0n) is 11.8. The van der Waals surface area contributed by atoms with Gasteiger partial charge in [-0.05, 0) is 30.0 Å². The molecule has 110 valence electrons. The third-order valence-electron chi connectivity index (χ3n) is 3.42. The molecule has 0 aromatic heterocycles. The summed E-state index contributed by atoms with van der Waals surface area (Å²) in [6, 6.07) is 14.7. The third-order valence-corrected chi connectivity index (χ3v) is 3.65. The normalized spacial score (nSPS) is 11.9. The van der Waals surface area contributed by atoms with Gasteiger partial charge in [-0.25, -0.2) is 0 Å². The maximum absolute atomic E-state index is 11.0. The standard InChI is InChI=1S/C16H17ClN2O2/c1-12(13-5-3-2-4-6-13)9-10-18-15-11-14(17)7-8-16(15)19(20)21/h2-8,11-12,18H,9-10H2,1H3. The minimum atomic E-state index is -0.403. The third kappa shape index (κ3) is 4.20. The summed E-state index contributed by atoms with van der Waals surface area (Å²) < 4.78 is 0. The number of hydrogen-bond donors (Lipinski definition) is 1. The maximum atomic E-state index is 11.0. The quantitative estimate of drug-likeness (QED) is 0.613. The van der Waals surface area contributed by atoms with Gasteiger partial charge >= 0.3 is 0 Å². The minimum Gasteiger partial charge on any atom is -0.379 e. The van der Waals surface area contributed by atoms with Crippen LogP contribution in [-0.2, 0) is 0 Å². The van der Waals surface area contributed by atoms with Gasteiger partial charge in [0.1, 0.15) is 5.69 Å². The molecule has 5 heteroatoms. The second-order valence-corrected chi connectivity index (χ2v) is 5.38. The first-order chi connectivity index (χ1) is 10.1. The molecule has 4 nitrogen and oxygen atoms in total. The Morgan fingerprint density at radius 2 is 1.95 bits per heavy atom. The lowest BCUT2D eigenvalue weighted by atomic mass is 9.98. The first kappa shape index (κ1) is 15.3. The van der Waals surface area contributed by atoms with Gasteiger partial charge in [0.2, 0.25) is 0 Å². The number of nitrogens with one attached hydrogen (secondary N) is 1. The Bertz CT molecular complexity index is 617. The topological polar surface area (TPSA) is 55.2 Å². The lowest BCUT2D eigenvalue weighted by Gasteiger charge is -2.13. The molecule has 0 heterocycles. The van der Waals surface area contributed by atoms with Gasteiger partial charge < -0.3 is 5.32 Å². The van der Waals surface area contributed by atoms with Crippen LogP contribution in [-0.4, -0.2) is 11.5 Å². The molecule has 0 radical (unpaired) electrons. The summed E-state index contributed by atoms with van der Waals surface area (Å²) in [6.45, 7) is 2.79. The van der Waals surface area contributed by atoms with Gasteiger partial charge in [0.25, 0.3) is 5.69 Å². The first-order valence-corrected chi connectivity index (χ1v) is 7.18. The summed E-state index contributed by atoms with van der Waals surface area (Å²) in [5, 5.41) is 14.6. The number of nitro groups is 1. The SMILES string of the molecule is CC(CCNc1cc(Cl)ccc1[N+](=O)[O-])c1ccccc1. The molecule has 1 unspecified atom stereocenters. The molecule has 0 aliphatic rings. The molecule has 0 aliphatic carbocycles. The molecule has 0 spiro atoms. The number of halogens is 1. The van der Waals surface area contributed by atoms with E-state index in [9.17, 15) is 10.1 Å². The van der Waals surface area contributed by atoms with Crippen LogP contribution in [0.25, 0.3) is 0 Å². The number of anilines is 1. The first-order valence-electron chi connectivity index (χ1n) is 6.80. The van der Waals surface area contributed by atoms with Crippen molar-refractivity contribution in [2.24, 2.45) is 0 Å². The van der Waals surface area contributed by atoms with Crippen molar-refractivity contribution in [1.29, 1.82) is 0 Å². The minimum absolute atomic E-state index is 0.0479. The van der Waals surface area contributed by atoms with Crippen LogP contribution in [0.2, 0.25) is 5.02 Å². The average molecular weight is 305 g/mol. The van der Waals surface area contributed by atoms with E-state index in [1.807, 2.05) is 18.2 Å². The highest BCUT2D eigenvalue weighted by Crippen LogP contribution is 2.28. The Labute approximate surface area is 128 Å². The number of nitro benzene ring substituents is 1. The second-order valence-electron chi connectivity index (χ2n) is 4.95. The smallest absolute Gasteiger partial charge is 0.292 e. The molecule has 2 aromatic carbocycles. The highest BCUT2D eigenvalue weighted by Gasteiger charge is 2.14. The highest BCUT2D eigenvalue weighted by molar-refractivity contribution is 6.31. The van der Waals surface area contributed by atoms with Crippen LogP contribution in [0.1, 0.15) is 24.8 Å². The van der Waals surface area contributed by atoms with E-state index in [-0.39, 0.29) is 5.69 Å². The Hall–Kier alpha value is -2.07. The average Bonchev–Trinajstić information content (AvgIpc) is 2.48. The maximum Gasteiger partial charge on any atom is 0.292 e. The fourth-order valence-corrected chi connectivity index (χ4v) is 2.35. The largest absolute Gasteiger partial charge is 0.379 e. The predicted octanol–water partition coefficient (Wildman–Crippen LogP) is 4.85. The second kappa shape index (κ2) is 7.09. The number of benzene rings is 2. The van der Waals surface area contributed by atoms with Gasteiger partial charge in [-0.3, -0.25) is 10.1 Å². The van der Waals surface area contributed by atoms with Crippen molar-refractivity contribution in [2.45, 2.75) is 19.3 Å². The monoisotopic (exact) mass is 304 g/mol. The van der Waals surface area contributed by atoms with E-state index in [4.69, 9.17) is 11.6 Å². The van der Waals surface area contributed by atoms with Crippen molar-refractivity contribution in [3.05, 3.63) is 69.2 Å². The van der Waals surface area contributed by atoms with E-state index in [1.54, 1.807) is 6.07 Å². The number of nitrogens with zero attached hydrogens (tertiary/aromatic N) is 1. The van der Waals surface area contributed by atoms with Gasteiger partial charge in [-0.1, -0.05) is 48.9 Å². The number of rotatable bonds is 6. The fraction of sp³-hybridized carbons (Fsp3) is 0.250. The molecular formula is C16H17ClN2O2. The molecule has 1 N–H and O–H groups in total. The predicted molar refractivity (Wildman–Crippen MR) is 86.1 cm³/mol. The van der Waals surface area contributed by atoms with Gasteiger partial charge in [-0.15, -0.1) is 0 Å². The van der Waals surface area contributed by atoms with E-state index < -0.39 is 4.92 Å². The van der Waals surface area contributed by atoms with Crippen LogP contribution in [0.4, 0.5) is 11.4 Å². The van der Waals surface area contributed by atoms with Gasteiger partial charge in [0.15, 0.2) is 0 Å². The molecule has 0 saturated carbocycles. The molecular weight excluding hydrogens is 288 g/mol. The Morgan fingerprint density at radius 3 is 2.62 bits per heavy atom. The lowest BCUT2D eigenvalue weighted by molar-refractivity contribution is -0.384. The lowest BCUT2D eigenvalue weighted by Crippen LogP contribution is -2.07. The van der Waals surface area contributed by atoms with E-state index in [0.717, 1.165) is 6.42 Å². The van der Waals surface area contributed by atoms with Crippen LogP contribution in [0.15, 0.2) is 48.5 Å². The van der Waals surface area contributed by atoms with Crippen molar-refractivity contribution >= 4 is 23.0 Å². The summed E-state index contributed by atoms with van der Waals surface area (Å²) in [5.74, 6) is 0.386. The zero-order chi connectivity index (χ0) is 15.2. The molecule has 21 heavy (non-hydrogen) atoms. The van der Waals surface area contributed by atoms with E-state index >= 15 is 0 Å². The molecule has 0 saturated heterocycles. The zero-order valence-corrected chi connectivity index (χ0v) is 12.5. The Kier molecular flexibility index (Phi) is 5.17. The molecule has 1 atom stereocenters. The Balaban J connectivity index is 1.97. The van der Waals surface area contributed by atoms with Gasteiger partial charge in [0.05, 0.1) is 4.92 Å². The summed E-state index contributed by atoms with van der Waals surface area (Å²) in [7, 11) is 0. The van der Waals surface area contributed by atoms with Crippen molar-refractivity contribution in [1.82, 2.24) is 0 Å². The van der Waals surface area contributed by atoms with Crippen molar-refractivity contribution in [2.75, 3.05) is 11.9 Å². The molecule has 0 aliphatic heterocycles. The van der Waals surface area contributed by atoms with Crippen LogP contribution in [0.3, 0.4) is 0 Å². The molecule has 2 aromatic rings. The van der Waals surface area contributed by atoms with Crippen LogP contribution >= 0.6 is 11.6 Å². The van der Waals surface area contributed by atoms with Gasteiger partial charge in [-0.2, -0.15) is 0 Å². The van der Waals surface area contributed by atoms with E-state index in [0.29, 0.717) is 23.2 Å². The summed E-state index contributed by atoms with van der Waals surface area (Å²) in [5.41, 5.74) is 1.78. The summed E-state index contributed by atoms with van der Waals surface area (Å²) in [4.78, 5) is 10.6. The highest BCUT2D eigenvalue weighted by atomic mass is 35.5. The van der Waals surface area contributed by atoms with E-state index in [1.165, 1.54) is 17.7 Å². The van der Waals surface area contributed by atoms with Crippen LogP contribution < -0.4 is 5.32 Å². The summed E-state index contributed by atoms with van der Waals surface area (Å²) in [6.07, 6.45) is 0.883. The van der Waals surface area contributed by atoms with Crippen molar-refractivity contribution in [3.63, 3.8) is 0 Å². The van der Waals surface area contributed by atoms with Crippen molar-refractivity contribution in [3.8, 4) is 0 Å². The molecule has 0 amide bonds. The Morgan fingerprint density at radius 1 is 1.24 bits per heavy atom. The summed E-state index contributed by atoms with van der Waals surface area (Å²) >= 11 is 5.90.